The minimum Gasteiger partial charge on any atom is -0.491 e. The third-order valence-electron chi connectivity index (χ3n) is 6.04. The van der Waals surface area contributed by atoms with Gasteiger partial charge in [0.05, 0.1) is 44.4 Å². The monoisotopic (exact) mass is 541 g/mol. The summed E-state index contributed by atoms with van der Waals surface area (Å²) in [7, 11) is 0. The summed E-state index contributed by atoms with van der Waals surface area (Å²) in [4.78, 5) is 33.6. The molecule has 3 aromatic heterocycles. The Labute approximate surface area is 224 Å². The number of aromatic carboxylic acids is 1. The summed E-state index contributed by atoms with van der Waals surface area (Å²) in [5, 5.41) is 30.5. The highest BCUT2D eigenvalue weighted by atomic mass is 35.5. The van der Waals surface area contributed by atoms with Crippen LogP contribution >= 0.6 is 22.9 Å². The van der Waals surface area contributed by atoms with E-state index in [4.69, 9.17) is 16.3 Å². The summed E-state index contributed by atoms with van der Waals surface area (Å²) in [5.41, 5.74) is 1.88. The molecule has 5 aromatic rings. The molecule has 0 radical (unpaired) electrons. The molecule has 0 saturated heterocycles. The molecule has 0 unspecified atom stereocenters. The van der Waals surface area contributed by atoms with E-state index in [2.05, 4.69) is 9.97 Å². The van der Waals surface area contributed by atoms with E-state index in [0.717, 1.165) is 0 Å². The van der Waals surface area contributed by atoms with Crippen LogP contribution in [-0.4, -0.2) is 32.2 Å². The highest BCUT2D eigenvalue weighted by molar-refractivity contribution is 7.18. The second-order valence-electron chi connectivity index (χ2n) is 8.20. The Bertz CT molecular complexity index is 1920. The number of thiophene rings is 1. The lowest BCUT2D eigenvalue weighted by Gasteiger charge is -2.15. The molecule has 0 spiro atoms. The van der Waals surface area contributed by atoms with Gasteiger partial charge in [0, 0.05) is 27.7 Å². The number of benzene rings is 2. The van der Waals surface area contributed by atoms with Gasteiger partial charge in [0.15, 0.2) is 0 Å². The van der Waals surface area contributed by atoms with Crippen molar-refractivity contribution in [3.05, 3.63) is 85.9 Å². The van der Waals surface area contributed by atoms with Crippen molar-refractivity contribution in [2.75, 3.05) is 6.61 Å². The van der Waals surface area contributed by atoms with Crippen LogP contribution in [0.25, 0.3) is 32.2 Å². The predicted octanol–water partition coefficient (Wildman–Crippen LogP) is 5.16. The van der Waals surface area contributed by atoms with Crippen LogP contribution in [0.3, 0.4) is 0 Å². The first-order chi connectivity index (χ1) is 18.3. The maximum atomic E-state index is 13.3. The fraction of sp³-hybridized carbons (Fsp3) is 0.111. The van der Waals surface area contributed by atoms with Crippen LogP contribution in [-0.2, 0) is 6.54 Å². The molecular weight excluding hydrogens is 526 g/mol. The van der Waals surface area contributed by atoms with Gasteiger partial charge in [0.1, 0.15) is 30.3 Å². The Kier molecular flexibility index (Phi) is 6.52. The van der Waals surface area contributed by atoms with Crippen LogP contribution in [0.1, 0.15) is 27.3 Å². The summed E-state index contributed by atoms with van der Waals surface area (Å²) >= 11 is 7.55. The topological polar surface area (TPSA) is 142 Å². The zero-order valence-electron chi connectivity index (χ0n) is 19.7. The quantitative estimate of drug-likeness (QED) is 0.311. The van der Waals surface area contributed by atoms with Gasteiger partial charge in [-0.05, 0) is 43.3 Å². The van der Waals surface area contributed by atoms with Gasteiger partial charge in [-0.3, -0.25) is 14.3 Å². The molecular formula is C27H16ClN5O4S. The number of ether oxygens (including phenoxy) is 1. The molecule has 3 heterocycles. The predicted molar refractivity (Wildman–Crippen MR) is 143 cm³/mol. The lowest BCUT2D eigenvalue weighted by molar-refractivity contribution is 0.0699. The minimum absolute atomic E-state index is 0.00413. The number of rotatable bonds is 6. The van der Waals surface area contributed by atoms with E-state index in [1.54, 1.807) is 42.6 Å². The molecule has 0 saturated carbocycles. The molecule has 0 bridgehead atoms. The Morgan fingerprint density at radius 3 is 2.74 bits per heavy atom. The zero-order chi connectivity index (χ0) is 27.0. The van der Waals surface area contributed by atoms with Gasteiger partial charge in [0.25, 0.3) is 5.56 Å². The normalized spacial score (nSPS) is 10.8. The Morgan fingerprint density at radius 1 is 1.18 bits per heavy atom. The highest BCUT2D eigenvalue weighted by Gasteiger charge is 2.19. The maximum absolute atomic E-state index is 13.3. The number of hydrogen-bond donors (Lipinski definition) is 1. The van der Waals surface area contributed by atoms with Crippen LogP contribution in [0.5, 0.6) is 5.75 Å². The molecule has 186 valence electrons. The number of nitrogens with zero attached hydrogens (tertiary/aromatic N) is 5. The van der Waals surface area contributed by atoms with Crippen molar-refractivity contribution in [1.82, 2.24) is 14.5 Å². The fourth-order valence-electron chi connectivity index (χ4n) is 4.27. The van der Waals surface area contributed by atoms with Crippen LogP contribution in [0.15, 0.2) is 52.8 Å². The minimum atomic E-state index is -1.06. The Balaban J connectivity index is 1.50. The van der Waals surface area contributed by atoms with Gasteiger partial charge in [0.2, 0.25) is 0 Å². The zero-order valence-corrected chi connectivity index (χ0v) is 21.3. The van der Waals surface area contributed by atoms with Crippen LogP contribution in [0.4, 0.5) is 0 Å². The second-order valence-corrected chi connectivity index (χ2v) is 9.52. The fourth-order valence-corrected chi connectivity index (χ4v) is 5.47. The summed E-state index contributed by atoms with van der Waals surface area (Å²) < 4.78 is 8.17. The third-order valence-corrected chi connectivity index (χ3v) is 7.27. The molecule has 5 rings (SSSR count). The number of hydrogen-bond acceptors (Lipinski definition) is 8. The smallest absolute Gasteiger partial charge is 0.338 e. The van der Waals surface area contributed by atoms with Crippen LogP contribution in [0, 0.1) is 29.6 Å². The van der Waals surface area contributed by atoms with Gasteiger partial charge >= 0.3 is 5.97 Å². The SMILES string of the molecule is Cc1nc2ccc(C#N)c(C#N)c2c(=O)n1CCOc1ccc(Cl)cc1-c1ccnc2c(C(=O)O)csc12. The second kappa shape index (κ2) is 9.94. The number of halogens is 1. The van der Waals surface area contributed by atoms with E-state index in [0.29, 0.717) is 43.5 Å². The number of pyridine rings is 1. The lowest BCUT2D eigenvalue weighted by Crippen LogP contribution is -2.27. The molecule has 0 aliphatic rings. The van der Waals surface area contributed by atoms with Crippen molar-refractivity contribution in [3.8, 4) is 29.0 Å². The number of aromatic nitrogens is 3. The van der Waals surface area contributed by atoms with Gasteiger partial charge < -0.3 is 9.84 Å². The number of carboxylic acid groups (broad SMARTS) is 1. The molecule has 38 heavy (non-hydrogen) atoms. The lowest BCUT2D eigenvalue weighted by atomic mass is 10.0. The summed E-state index contributed by atoms with van der Waals surface area (Å²) in [5.74, 6) is -0.141. The van der Waals surface area contributed by atoms with Gasteiger partial charge in [-0.15, -0.1) is 11.3 Å². The third kappa shape index (κ3) is 4.22. The summed E-state index contributed by atoms with van der Waals surface area (Å²) in [6, 6.07) is 13.8. The van der Waals surface area contributed by atoms with Crippen molar-refractivity contribution in [2.24, 2.45) is 0 Å². The first-order valence-corrected chi connectivity index (χ1v) is 12.5. The van der Waals surface area contributed by atoms with E-state index in [-0.39, 0.29) is 35.2 Å². The van der Waals surface area contributed by atoms with Gasteiger partial charge in [-0.2, -0.15) is 10.5 Å². The van der Waals surface area contributed by atoms with E-state index in [1.165, 1.54) is 28.2 Å². The largest absolute Gasteiger partial charge is 0.491 e. The maximum Gasteiger partial charge on any atom is 0.338 e. The van der Waals surface area contributed by atoms with Crippen LogP contribution < -0.4 is 10.3 Å². The average molecular weight is 542 g/mol. The van der Waals surface area contributed by atoms with Crippen molar-refractivity contribution in [1.29, 1.82) is 10.5 Å². The number of fused-ring (bicyclic) bond motifs is 2. The summed E-state index contributed by atoms with van der Waals surface area (Å²) in [6.07, 6.45) is 1.54. The molecule has 1 N–H and O–H groups in total. The van der Waals surface area contributed by atoms with Gasteiger partial charge in [-0.1, -0.05) is 11.6 Å². The molecule has 0 atom stereocenters. The number of carbonyl (C=O) groups is 1. The standard InChI is InChI=1S/C27H16ClN5O4S/c1-14-32-21-4-2-15(11-29)19(12-30)23(21)26(34)33(14)8-9-37-22-5-3-16(28)10-18(22)17-6-7-31-24-20(27(35)36)13-38-25(17)24/h2-7,10,13H,8-9H2,1H3,(H,35,36). The van der Waals surface area contributed by atoms with Crippen LogP contribution in [0.2, 0.25) is 5.02 Å². The van der Waals surface area contributed by atoms with Crippen molar-refractivity contribution in [2.45, 2.75) is 13.5 Å². The molecule has 0 amide bonds. The van der Waals surface area contributed by atoms with Crippen molar-refractivity contribution < 1.29 is 14.6 Å². The Morgan fingerprint density at radius 2 is 2.00 bits per heavy atom. The Hall–Kier alpha value is -4.77. The molecule has 11 heteroatoms. The average Bonchev–Trinajstić information content (AvgIpc) is 3.35. The molecule has 2 aromatic carbocycles. The first kappa shape index (κ1) is 24.9. The van der Waals surface area contributed by atoms with E-state index in [1.807, 2.05) is 12.1 Å². The number of aryl methyl sites for hydroxylation is 1. The molecule has 9 nitrogen and oxygen atoms in total. The van der Waals surface area contributed by atoms with E-state index >= 15 is 0 Å². The number of carboxylic acids is 1. The highest BCUT2D eigenvalue weighted by Crippen LogP contribution is 2.39. The van der Waals surface area contributed by atoms with E-state index in [9.17, 15) is 25.2 Å². The molecule has 0 aliphatic heterocycles. The first-order valence-electron chi connectivity index (χ1n) is 11.2. The number of nitriles is 2. The van der Waals surface area contributed by atoms with Gasteiger partial charge in [-0.25, -0.2) is 9.78 Å². The summed E-state index contributed by atoms with van der Waals surface area (Å²) in [6.45, 7) is 1.90. The molecule has 0 fully saturated rings. The van der Waals surface area contributed by atoms with Crippen molar-refractivity contribution >= 4 is 50.0 Å². The van der Waals surface area contributed by atoms with Crippen molar-refractivity contribution in [3.63, 3.8) is 0 Å². The van der Waals surface area contributed by atoms with E-state index < -0.39 is 11.5 Å². The molecule has 0 aliphatic carbocycles.